The first-order chi connectivity index (χ1) is 8.37. The highest BCUT2D eigenvalue weighted by atomic mass is 127. The molecule has 1 aromatic rings. The van der Waals surface area contributed by atoms with Crippen molar-refractivity contribution in [3.8, 4) is 0 Å². The minimum atomic E-state index is -2.99. The van der Waals surface area contributed by atoms with Crippen molar-refractivity contribution in [2.75, 3.05) is 16.8 Å². The number of sulfone groups is 1. The topological polar surface area (TPSA) is 89.3 Å². The third-order valence-electron chi connectivity index (χ3n) is 2.75. The average Bonchev–Trinajstić information content (AvgIpc) is 2.60. The van der Waals surface area contributed by atoms with E-state index in [1.54, 1.807) is 12.1 Å². The lowest BCUT2D eigenvalue weighted by atomic mass is 10.2. The summed E-state index contributed by atoms with van der Waals surface area (Å²) >= 11 is 2.00. The molecule has 98 valence electrons. The molecule has 0 saturated carbocycles. The third-order valence-corrected chi connectivity index (χ3v) is 5.19. The lowest BCUT2D eigenvalue weighted by Gasteiger charge is -2.12. The molecule has 18 heavy (non-hydrogen) atoms. The molecule has 6 nitrogen and oxygen atoms in total. The third kappa shape index (κ3) is 3.10. The van der Waals surface area contributed by atoms with E-state index in [-0.39, 0.29) is 23.2 Å². The number of hydrogen-bond acceptors (Lipinski definition) is 5. The molecule has 1 N–H and O–H groups in total. The summed E-state index contributed by atoms with van der Waals surface area (Å²) in [6, 6.07) is 4.59. The van der Waals surface area contributed by atoms with Crippen LogP contribution in [0.4, 0.5) is 11.4 Å². The van der Waals surface area contributed by atoms with Crippen molar-refractivity contribution in [1.29, 1.82) is 0 Å². The van der Waals surface area contributed by atoms with Crippen molar-refractivity contribution in [2.24, 2.45) is 0 Å². The smallest absolute Gasteiger partial charge is 0.293 e. The van der Waals surface area contributed by atoms with Crippen molar-refractivity contribution in [3.63, 3.8) is 0 Å². The largest absolute Gasteiger partial charge is 0.376 e. The first-order valence-corrected chi connectivity index (χ1v) is 8.18. The normalized spacial score (nSPS) is 21.7. The summed E-state index contributed by atoms with van der Waals surface area (Å²) in [6.45, 7) is 0. The van der Waals surface area contributed by atoms with Crippen LogP contribution in [-0.2, 0) is 9.84 Å². The van der Waals surface area contributed by atoms with Gasteiger partial charge >= 0.3 is 0 Å². The first-order valence-electron chi connectivity index (χ1n) is 5.28. The number of nitrogens with zero attached hydrogens (tertiary/aromatic N) is 1. The van der Waals surface area contributed by atoms with Gasteiger partial charge in [0.2, 0.25) is 0 Å². The zero-order valence-electron chi connectivity index (χ0n) is 9.30. The molecule has 1 saturated heterocycles. The summed E-state index contributed by atoms with van der Waals surface area (Å²) < 4.78 is 23.4. The second-order valence-electron chi connectivity index (χ2n) is 4.16. The number of rotatable bonds is 3. The van der Waals surface area contributed by atoms with E-state index in [0.717, 1.165) is 3.57 Å². The van der Waals surface area contributed by atoms with Gasteiger partial charge in [-0.3, -0.25) is 10.1 Å². The van der Waals surface area contributed by atoms with Crippen molar-refractivity contribution in [3.05, 3.63) is 31.9 Å². The van der Waals surface area contributed by atoms with Gasteiger partial charge in [-0.05, 0) is 41.1 Å². The average molecular weight is 382 g/mol. The molecule has 0 bridgehead atoms. The van der Waals surface area contributed by atoms with Crippen molar-refractivity contribution in [2.45, 2.75) is 12.5 Å². The lowest BCUT2D eigenvalue weighted by molar-refractivity contribution is -0.384. The molecular weight excluding hydrogens is 371 g/mol. The number of anilines is 1. The minimum Gasteiger partial charge on any atom is -0.376 e. The van der Waals surface area contributed by atoms with Crippen LogP contribution in [0.3, 0.4) is 0 Å². The maximum absolute atomic E-state index is 11.3. The van der Waals surface area contributed by atoms with Crippen molar-refractivity contribution in [1.82, 2.24) is 0 Å². The van der Waals surface area contributed by atoms with Crippen LogP contribution in [0.25, 0.3) is 0 Å². The minimum absolute atomic E-state index is 0.0220. The standard InChI is InChI=1S/C10H11IN2O4S/c11-7-1-2-9(10(5-7)13(14)15)12-8-3-4-18(16,17)6-8/h1-2,5,8,12H,3-4,6H2. The van der Waals surface area contributed by atoms with E-state index in [0.29, 0.717) is 12.1 Å². The number of nitro benzene ring substituents is 1. The second kappa shape index (κ2) is 5.00. The number of hydrogen-bond donors (Lipinski definition) is 1. The van der Waals surface area contributed by atoms with Gasteiger partial charge in [-0.25, -0.2) is 8.42 Å². The van der Waals surface area contributed by atoms with Crippen LogP contribution in [0.2, 0.25) is 0 Å². The fourth-order valence-corrected chi connectivity index (χ4v) is 4.05. The van der Waals surface area contributed by atoms with Gasteiger partial charge in [-0.15, -0.1) is 0 Å². The molecule has 0 amide bonds. The molecule has 1 atom stereocenters. The van der Waals surface area contributed by atoms with Gasteiger partial charge < -0.3 is 5.32 Å². The predicted molar refractivity (Wildman–Crippen MR) is 76.5 cm³/mol. The summed E-state index contributed by atoms with van der Waals surface area (Å²) in [6.07, 6.45) is 0.492. The Kier molecular flexibility index (Phi) is 3.76. The molecular formula is C10H11IN2O4S. The molecule has 0 aliphatic carbocycles. The van der Waals surface area contributed by atoms with Crippen LogP contribution >= 0.6 is 22.6 Å². The summed E-state index contributed by atoms with van der Waals surface area (Å²) in [5.41, 5.74) is 0.355. The van der Waals surface area contributed by atoms with E-state index in [2.05, 4.69) is 5.32 Å². The zero-order valence-corrected chi connectivity index (χ0v) is 12.3. The molecule has 1 aliphatic rings. The van der Waals surface area contributed by atoms with Crippen molar-refractivity contribution >= 4 is 43.8 Å². The predicted octanol–water partition coefficient (Wildman–Crippen LogP) is 1.80. The maximum Gasteiger partial charge on any atom is 0.293 e. The summed E-state index contributed by atoms with van der Waals surface area (Å²) in [7, 11) is -2.99. The van der Waals surface area contributed by atoms with Gasteiger partial charge in [0.05, 0.1) is 16.4 Å². The fraction of sp³-hybridized carbons (Fsp3) is 0.400. The van der Waals surface area contributed by atoms with Crippen LogP contribution in [0.15, 0.2) is 18.2 Å². The quantitative estimate of drug-likeness (QED) is 0.489. The Labute approximate surface area is 118 Å². The molecule has 2 rings (SSSR count). The fourth-order valence-electron chi connectivity index (χ4n) is 1.91. The Morgan fingerprint density at radius 2 is 2.17 bits per heavy atom. The van der Waals surface area contributed by atoms with E-state index in [9.17, 15) is 18.5 Å². The van der Waals surface area contributed by atoms with E-state index in [1.165, 1.54) is 6.07 Å². The second-order valence-corrected chi connectivity index (χ2v) is 7.64. The molecule has 1 unspecified atom stereocenters. The molecule has 1 heterocycles. The molecule has 0 radical (unpaired) electrons. The number of halogens is 1. The highest BCUT2D eigenvalue weighted by Crippen LogP contribution is 2.28. The molecule has 1 fully saturated rings. The maximum atomic E-state index is 11.3. The monoisotopic (exact) mass is 382 g/mol. The van der Waals surface area contributed by atoms with Gasteiger partial charge in [0.1, 0.15) is 5.69 Å². The van der Waals surface area contributed by atoms with E-state index < -0.39 is 14.8 Å². The van der Waals surface area contributed by atoms with Gasteiger partial charge in [0.15, 0.2) is 9.84 Å². The zero-order chi connectivity index (χ0) is 13.3. The molecule has 0 spiro atoms. The highest BCUT2D eigenvalue weighted by molar-refractivity contribution is 14.1. The first kappa shape index (κ1) is 13.5. The van der Waals surface area contributed by atoms with E-state index in [4.69, 9.17) is 0 Å². The SMILES string of the molecule is O=[N+]([O-])c1cc(I)ccc1NC1CCS(=O)(=O)C1. The Hall–Kier alpha value is -0.900. The number of nitro groups is 1. The van der Waals surface area contributed by atoms with Crippen LogP contribution in [0, 0.1) is 13.7 Å². The number of benzene rings is 1. The van der Waals surface area contributed by atoms with Gasteiger partial charge in [0.25, 0.3) is 5.69 Å². The Morgan fingerprint density at radius 1 is 1.44 bits per heavy atom. The summed E-state index contributed by atoms with van der Waals surface area (Å²) in [4.78, 5) is 10.5. The molecule has 0 aromatic heterocycles. The van der Waals surface area contributed by atoms with Crippen LogP contribution < -0.4 is 5.32 Å². The molecule has 1 aromatic carbocycles. The molecule has 1 aliphatic heterocycles. The van der Waals surface area contributed by atoms with Gasteiger partial charge in [-0.1, -0.05) is 0 Å². The van der Waals surface area contributed by atoms with Crippen molar-refractivity contribution < 1.29 is 13.3 Å². The Balaban J connectivity index is 2.22. The summed E-state index contributed by atoms with van der Waals surface area (Å²) in [5, 5.41) is 13.9. The van der Waals surface area contributed by atoms with E-state index >= 15 is 0 Å². The van der Waals surface area contributed by atoms with Gasteiger partial charge in [0, 0.05) is 15.7 Å². The van der Waals surface area contributed by atoms with Gasteiger partial charge in [-0.2, -0.15) is 0 Å². The lowest BCUT2D eigenvalue weighted by Crippen LogP contribution is -2.21. The van der Waals surface area contributed by atoms with E-state index in [1.807, 2.05) is 22.6 Å². The van der Waals surface area contributed by atoms with Crippen LogP contribution in [0.1, 0.15) is 6.42 Å². The Morgan fingerprint density at radius 3 is 2.72 bits per heavy atom. The highest BCUT2D eigenvalue weighted by Gasteiger charge is 2.29. The van der Waals surface area contributed by atoms with Crippen LogP contribution in [0.5, 0.6) is 0 Å². The summed E-state index contributed by atoms with van der Waals surface area (Å²) in [5.74, 6) is 0.180. The Bertz CT molecular complexity index is 588. The number of nitrogens with one attached hydrogen (secondary N) is 1. The van der Waals surface area contributed by atoms with Crippen LogP contribution in [-0.4, -0.2) is 30.9 Å². The molecule has 8 heteroatoms.